The number of imidazole rings is 1. The Hall–Kier alpha value is -7.04. The smallest absolute Gasteiger partial charge is 0.149 e. The zero-order valence-corrected chi connectivity index (χ0v) is 33.5. The van der Waals surface area contributed by atoms with Crippen LogP contribution in [0.4, 0.5) is 0 Å². The molecule has 7 aromatic carbocycles. The third-order valence-corrected chi connectivity index (χ3v) is 11.1. The number of aryl methyl sites for hydroxylation is 2. The topological polar surface area (TPSA) is 50.9 Å². The number of pyridine rings is 1. The number of aromatic nitrogens is 3. The van der Waals surface area contributed by atoms with E-state index in [1.165, 1.54) is 0 Å². The molecule has 0 spiro atoms. The number of hydrogen-bond donors (Lipinski definition) is 1. The Labute approximate surface area is 340 Å². The van der Waals surface area contributed by atoms with Gasteiger partial charge in [-0.25, -0.2) is 4.98 Å². The Morgan fingerprint density at radius 1 is 0.500 bits per heavy atom. The molecule has 9 aromatic rings. The second-order valence-electron chi connectivity index (χ2n) is 16.2. The highest BCUT2D eigenvalue weighted by Crippen LogP contribution is 2.43. The molecule has 1 N–H and O–H groups in total. The van der Waals surface area contributed by atoms with E-state index < -0.39 is 0 Å². The quantitative estimate of drug-likeness (QED) is 0.176. The van der Waals surface area contributed by atoms with Crippen molar-refractivity contribution in [2.75, 3.05) is 0 Å². The fraction of sp³-hybridized carbons (Fsp3) is 0.111. The van der Waals surface area contributed by atoms with Gasteiger partial charge in [-0.3, -0.25) is 9.55 Å². The highest BCUT2D eigenvalue weighted by molar-refractivity contribution is 5.98. The summed E-state index contributed by atoms with van der Waals surface area (Å²) in [6, 6.07) is 59.7. The molecular formula is C54H45N3O. The first-order valence-corrected chi connectivity index (χ1v) is 19.9. The van der Waals surface area contributed by atoms with Crippen LogP contribution in [0.5, 0.6) is 5.75 Å². The van der Waals surface area contributed by atoms with E-state index in [4.69, 9.17) is 9.97 Å². The summed E-state index contributed by atoms with van der Waals surface area (Å²) in [5.41, 5.74) is 17.1. The minimum Gasteiger partial charge on any atom is -0.507 e. The summed E-state index contributed by atoms with van der Waals surface area (Å²) in [6.07, 6.45) is 1.90. The van der Waals surface area contributed by atoms with Crippen molar-refractivity contribution in [3.63, 3.8) is 0 Å². The second-order valence-corrected chi connectivity index (χ2v) is 16.2. The zero-order valence-electron chi connectivity index (χ0n) is 33.5. The average Bonchev–Trinajstić information content (AvgIpc) is 3.64. The molecule has 0 bridgehead atoms. The summed E-state index contributed by atoms with van der Waals surface area (Å²) in [5.74, 6) is 0.920. The summed E-state index contributed by atoms with van der Waals surface area (Å²) >= 11 is 0. The molecule has 0 atom stereocenters. The largest absolute Gasteiger partial charge is 0.507 e. The summed E-state index contributed by atoms with van der Waals surface area (Å²) in [4.78, 5) is 10.5. The number of fused-ring (bicyclic) bond motifs is 1. The molecule has 282 valence electrons. The molecule has 9 rings (SSSR count). The Kier molecular flexibility index (Phi) is 9.34. The third kappa shape index (κ3) is 6.88. The molecule has 0 aliphatic rings. The van der Waals surface area contributed by atoms with Crippen LogP contribution in [-0.2, 0) is 5.41 Å². The monoisotopic (exact) mass is 751 g/mol. The SMILES string of the molecule is Cc1ccc(-n2c(-c3cc(C(C)(C)C)cc(C)c3O)nc3c(-c4cc(-c5ccccc5)cc(-c5cc(-c6ccccc6)ccn5)c4)cccc32)c(-c2ccccc2)c1. The van der Waals surface area contributed by atoms with Gasteiger partial charge in [-0.05, 0) is 118 Å². The summed E-state index contributed by atoms with van der Waals surface area (Å²) < 4.78 is 2.24. The van der Waals surface area contributed by atoms with E-state index in [0.717, 1.165) is 89.2 Å². The van der Waals surface area contributed by atoms with Gasteiger partial charge in [0.2, 0.25) is 0 Å². The Bertz CT molecular complexity index is 2940. The molecule has 2 heterocycles. The van der Waals surface area contributed by atoms with Crippen molar-refractivity contribution < 1.29 is 5.11 Å². The molecule has 4 heteroatoms. The van der Waals surface area contributed by atoms with E-state index in [2.05, 4.69) is 190 Å². The van der Waals surface area contributed by atoms with Crippen LogP contribution in [0.3, 0.4) is 0 Å². The molecule has 0 radical (unpaired) electrons. The molecular weight excluding hydrogens is 707 g/mol. The number of rotatable bonds is 7. The lowest BCUT2D eigenvalue weighted by molar-refractivity contribution is 0.471. The van der Waals surface area contributed by atoms with Crippen molar-refractivity contribution in [2.45, 2.75) is 40.0 Å². The lowest BCUT2D eigenvalue weighted by atomic mass is 9.84. The van der Waals surface area contributed by atoms with Crippen LogP contribution < -0.4 is 0 Å². The first-order valence-electron chi connectivity index (χ1n) is 19.9. The van der Waals surface area contributed by atoms with Crippen molar-refractivity contribution in [3.05, 3.63) is 193 Å². The first kappa shape index (κ1) is 36.6. The van der Waals surface area contributed by atoms with Gasteiger partial charge in [0.05, 0.1) is 28.0 Å². The van der Waals surface area contributed by atoms with Gasteiger partial charge in [0, 0.05) is 22.9 Å². The lowest BCUT2D eigenvalue weighted by Crippen LogP contribution is -2.12. The predicted octanol–water partition coefficient (Wildman–Crippen LogP) is 14.0. The van der Waals surface area contributed by atoms with E-state index in [1.54, 1.807) is 0 Å². The number of para-hydroxylation sites is 1. The molecule has 0 fully saturated rings. The number of nitrogens with zero attached hydrogens (tertiary/aromatic N) is 3. The normalized spacial score (nSPS) is 11.6. The van der Waals surface area contributed by atoms with Crippen LogP contribution in [0.15, 0.2) is 176 Å². The molecule has 0 unspecified atom stereocenters. The van der Waals surface area contributed by atoms with E-state index in [0.29, 0.717) is 11.4 Å². The molecule has 2 aromatic heterocycles. The van der Waals surface area contributed by atoms with Gasteiger partial charge in [-0.15, -0.1) is 0 Å². The minimum absolute atomic E-state index is 0.144. The van der Waals surface area contributed by atoms with Gasteiger partial charge in [-0.1, -0.05) is 142 Å². The Balaban J connectivity index is 1.33. The van der Waals surface area contributed by atoms with Crippen LogP contribution in [0, 0.1) is 13.8 Å². The van der Waals surface area contributed by atoms with Gasteiger partial charge >= 0.3 is 0 Å². The van der Waals surface area contributed by atoms with E-state index in [1.807, 2.05) is 25.3 Å². The fourth-order valence-corrected chi connectivity index (χ4v) is 7.96. The Morgan fingerprint density at radius 2 is 1.14 bits per heavy atom. The minimum atomic E-state index is -0.144. The van der Waals surface area contributed by atoms with Crippen LogP contribution in [0.25, 0.3) is 83.9 Å². The number of hydrogen-bond acceptors (Lipinski definition) is 3. The van der Waals surface area contributed by atoms with Crippen molar-refractivity contribution in [3.8, 4) is 78.6 Å². The highest BCUT2D eigenvalue weighted by atomic mass is 16.3. The molecule has 58 heavy (non-hydrogen) atoms. The van der Waals surface area contributed by atoms with Crippen LogP contribution in [0.2, 0.25) is 0 Å². The maximum atomic E-state index is 11.9. The third-order valence-electron chi connectivity index (χ3n) is 11.1. The van der Waals surface area contributed by atoms with Crippen molar-refractivity contribution >= 4 is 11.0 Å². The molecule has 0 aliphatic heterocycles. The van der Waals surface area contributed by atoms with Crippen LogP contribution in [0.1, 0.15) is 37.5 Å². The summed E-state index contributed by atoms with van der Waals surface area (Å²) in [7, 11) is 0. The number of benzene rings is 7. The fourth-order valence-electron chi connectivity index (χ4n) is 7.96. The second kappa shape index (κ2) is 14.8. The predicted molar refractivity (Wildman–Crippen MR) is 241 cm³/mol. The molecule has 0 saturated heterocycles. The van der Waals surface area contributed by atoms with Crippen molar-refractivity contribution in [2.24, 2.45) is 0 Å². The van der Waals surface area contributed by atoms with Gasteiger partial charge < -0.3 is 5.11 Å². The van der Waals surface area contributed by atoms with Gasteiger partial charge in [0.25, 0.3) is 0 Å². The molecule has 0 aliphatic carbocycles. The van der Waals surface area contributed by atoms with Crippen LogP contribution in [-0.4, -0.2) is 19.6 Å². The zero-order chi connectivity index (χ0) is 40.0. The van der Waals surface area contributed by atoms with E-state index >= 15 is 0 Å². The van der Waals surface area contributed by atoms with Crippen molar-refractivity contribution in [1.82, 2.24) is 14.5 Å². The van der Waals surface area contributed by atoms with Gasteiger partial charge in [0.15, 0.2) is 0 Å². The maximum absolute atomic E-state index is 11.9. The van der Waals surface area contributed by atoms with Gasteiger partial charge in [-0.2, -0.15) is 0 Å². The summed E-state index contributed by atoms with van der Waals surface area (Å²) in [6.45, 7) is 10.7. The maximum Gasteiger partial charge on any atom is 0.149 e. The Morgan fingerprint density at radius 3 is 1.83 bits per heavy atom. The molecule has 4 nitrogen and oxygen atoms in total. The van der Waals surface area contributed by atoms with E-state index in [9.17, 15) is 5.11 Å². The van der Waals surface area contributed by atoms with Crippen molar-refractivity contribution in [1.29, 1.82) is 0 Å². The first-order chi connectivity index (χ1) is 28.1. The average molecular weight is 752 g/mol. The summed E-state index contributed by atoms with van der Waals surface area (Å²) in [5, 5.41) is 11.9. The van der Waals surface area contributed by atoms with Crippen LogP contribution >= 0.6 is 0 Å². The number of phenols is 1. The standard InChI is InChI=1S/C54H45N3O/c1-35-24-25-49(46(28-35)39-20-13-8-14-21-39)57-50-23-15-22-45(51(50)56-53(57)47-34-44(54(3,4)5)29-36(2)52(47)58)42-30-41(38-18-11-7-12-19-38)31-43(32-42)48-33-40(26-27-55-48)37-16-9-6-10-17-37/h6-34,58H,1-5H3. The number of aromatic hydroxyl groups is 1. The molecule has 0 amide bonds. The number of phenolic OH excluding ortho intramolecular Hbond substituents is 1. The molecule has 0 saturated carbocycles. The van der Waals surface area contributed by atoms with Gasteiger partial charge in [0.1, 0.15) is 11.6 Å². The van der Waals surface area contributed by atoms with E-state index in [-0.39, 0.29) is 11.2 Å². The highest BCUT2D eigenvalue weighted by Gasteiger charge is 2.25. The lowest BCUT2D eigenvalue weighted by Gasteiger charge is -2.22.